The van der Waals surface area contributed by atoms with Gasteiger partial charge in [-0.15, -0.1) is 0 Å². The third-order valence-electron chi connectivity index (χ3n) is 5.29. The zero-order valence-corrected chi connectivity index (χ0v) is 20.5. The Kier molecular flexibility index (Phi) is 8.12. The molecule has 3 aromatic rings. The van der Waals surface area contributed by atoms with Gasteiger partial charge in [-0.3, -0.25) is 4.79 Å². The molecule has 0 fully saturated rings. The molecule has 0 amide bonds. The normalized spacial score (nSPS) is 13.6. The summed E-state index contributed by atoms with van der Waals surface area (Å²) in [6.07, 6.45) is 0.574. The van der Waals surface area contributed by atoms with E-state index in [0.717, 1.165) is 11.1 Å². The number of benzene rings is 3. The number of nitrogens with two attached hydrogens (primary N) is 1. The summed E-state index contributed by atoms with van der Waals surface area (Å²) in [6, 6.07) is 24.5. The average Bonchev–Trinajstić information content (AvgIpc) is 2.79. The van der Waals surface area contributed by atoms with E-state index in [9.17, 15) is 13.2 Å². The number of hydrogen-bond acceptors (Lipinski definition) is 6. The first kappa shape index (κ1) is 25.5. The number of carbonyl (C=O) groups is 1. The van der Waals surface area contributed by atoms with Gasteiger partial charge in [-0.25, -0.2) is 0 Å². The van der Waals surface area contributed by atoms with Crippen molar-refractivity contribution in [2.75, 3.05) is 6.54 Å². The van der Waals surface area contributed by atoms with Gasteiger partial charge >= 0.3 is 16.1 Å². The van der Waals surface area contributed by atoms with Gasteiger partial charge in [0.15, 0.2) is 0 Å². The Bertz CT molecular complexity index is 1170. The number of ether oxygens (including phenoxy) is 1. The van der Waals surface area contributed by atoms with Gasteiger partial charge in [0.1, 0.15) is 16.2 Å². The van der Waals surface area contributed by atoms with Crippen LogP contribution < -0.4 is 9.92 Å². The molecular weight excluding hydrogens is 450 g/mol. The first-order valence-corrected chi connectivity index (χ1v) is 12.6. The molecule has 0 aliphatic rings. The summed E-state index contributed by atoms with van der Waals surface area (Å²) in [6.45, 7) is 5.59. The van der Waals surface area contributed by atoms with E-state index in [1.54, 1.807) is 42.5 Å². The Morgan fingerprint density at radius 2 is 1.44 bits per heavy atom. The number of hydrogen-bond donors (Lipinski definition) is 1. The van der Waals surface area contributed by atoms with Crippen LogP contribution in [-0.2, 0) is 26.1 Å². The van der Waals surface area contributed by atoms with Crippen LogP contribution in [0.3, 0.4) is 0 Å². The van der Waals surface area contributed by atoms with E-state index in [0.29, 0.717) is 6.42 Å². The molecular formula is C27H31NO5S. The van der Waals surface area contributed by atoms with Crippen molar-refractivity contribution in [3.05, 3.63) is 96.1 Å². The fraction of sp³-hybridized carbons (Fsp3) is 0.296. The fourth-order valence-corrected chi connectivity index (χ4v) is 4.65. The molecule has 2 atom stereocenters. The third-order valence-corrected chi connectivity index (χ3v) is 6.56. The van der Waals surface area contributed by atoms with Crippen molar-refractivity contribution >= 4 is 16.1 Å². The van der Waals surface area contributed by atoms with Crippen molar-refractivity contribution in [2.45, 2.75) is 43.6 Å². The standard InChI is InChI=1S/C27H31NO5S/c1-27(2,3)32-26(29)25(19-28)24(18-20-10-6-4-7-11-20)21-14-16-22(17-15-21)33-34(30,31)23-12-8-5-9-13-23/h4-17,24-25H,18-19,28H2,1-3H3. The third kappa shape index (κ3) is 6.92. The van der Waals surface area contributed by atoms with E-state index < -0.39 is 21.6 Å². The molecule has 34 heavy (non-hydrogen) atoms. The van der Waals surface area contributed by atoms with Gasteiger partial charge < -0.3 is 14.7 Å². The zero-order valence-electron chi connectivity index (χ0n) is 19.7. The van der Waals surface area contributed by atoms with Crippen molar-refractivity contribution in [3.8, 4) is 5.75 Å². The van der Waals surface area contributed by atoms with E-state index >= 15 is 0 Å². The molecule has 0 aromatic heterocycles. The molecule has 0 heterocycles. The summed E-state index contributed by atoms with van der Waals surface area (Å²) in [4.78, 5) is 13.1. The molecule has 2 unspecified atom stereocenters. The van der Waals surface area contributed by atoms with E-state index in [2.05, 4.69) is 0 Å². The van der Waals surface area contributed by atoms with Crippen LogP contribution in [0.15, 0.2) is 89.8 Å². The van der Waals surface area contributed by atoms with Gasteiger partial charge in [0, 0.05) is 12.5 Å². The highest BCUT2D eigenvalue weighted by Gasteiger charge is 2.32. The smallest absolute Gasteiger partial charge is 0.339 e. The molecule has 2 N–H and O–H groups in total. The molecule has 0 spiro atoms. The minimum atomic E-state index is -3.94. The molecule has 0 saturated heterocycles. The van der Waals surface area contributed by atoms with Crippen molar-refractivity contribution in [2.24, 2.45) is 11.7 Å². The largest absolute Gasteiger partial charge is 0.460 e. The second-order valence-corrected chi connectivity index (χ2v) is 10.6. The molecule has 0 bridgehead atoms. The minimum Gasteiger partial charge on any atom is -0.460 e. The van der Waals surface area contributed by atoms with Gasteiger partial charge in [-0.2, -0.15) is 8.42 Å². The molecule has 0 saturated carbocycles. The minimum absolute atomic E-state index is 0.0779. The fourth-order valence-electron chi connectivity index (χ4n) is 3.70. The van der Waals surface area contributed by atoms with Crippen LogP contribution in [0.1, 0.15) is 37.8 Å². The van der Waals surface area contributed by atoms with Crippen molar-refractivity contribution in [1.82, 2.24) is 0 Å². The lowest BCUT2D eigenvalue weighted by atomic mass is 9.81. The highest BCUT2D eigenvalue weighted by Crippen LogP contribution is 2.32. The Balaban J connectivity index is 1.89. The molecule has 0 aliphatic carbocycles. The van der Waals surface area contributed by atoms with Gasteiger partial charge in [0.05, 0.1) is 5.92 Å². The quantitative estimate of drug-likeness (QED) is 0.352. The zero-order chi connectivity index (χ0) is 24.8. The van der Waals surface area contributed by atoms with E-state index in [4.69, 9.17) is 14.7 Å². The maximum Gasteiger partial charge on any atom is 0.339 e. The Morgan fingerprint density at radius 1 is 0.882 bits per heavy atom. The molecule has 7 heteroatoms. The molecule has 3 aromatic carbocycles. The van der Waals surface area contributed by atoms with Crippen molar-refractivity contribution < 1.29 is 22.1 Å². The van der Waals surface area contributed by atoms with Gasteiger partial charge in [0.25, 0.3) is 0 Å². The first-order valence-electron chi connectivity index (χ1n) is 11.2. The van der Waals surface area contributed by atoms with Crippen molar-refractivity contribution in [3.63, 3.8) is 0 Å². The Morgan fingerprint density at radius 3 is 1.97 bits per heavy atom. The maximum atomic E-state index is 13.0. The summed E-state index contributed by atoms with van der Waals surface area (Å²) in [5, 5.41) is 0. The summed E-state index contributed by atoms with van der Waals surface area (Å²) >= 11 is 0. The van der Waals surface area contributed by atoms with Crippen LogP contribution >= 0.6 is 0 Å². The maximum absolute atomic E-state index is 13.0. The van der Waals surface area contributed by atoms with E-state index in [1.807, 2.05) is 51.1 Å². The molecule has 3 rings (SSSR count). The van der Waals surface area contributed by atoms with Crippen molar-refractivity contribution in [1.29, 1.82) is 0 Å². The number of rotatable bonds is 9. The average molecular weight is 482 g/mol. The number of esters is 1. The van der Waals surface area contributed by atoms with Crippen LogP contribution in [-0.4, -0.2) is 26.5 Å². The lowest BCUT2D eigenvalue weighted by Gasteiger charge is -2.29. The van der Waals surface area contributed by atoms with Gasteiger partial charge in [0.2, 0.25) is 0 Å². The van der Waals surface area contributed by atoms with Crippen LogP contribution in [0.2, 0.25) is 0 Å². The van der Waals surface area contributed by atoms with Crippen LogP contribution in [0.5, 0.6) is 5.75 Å². The van der Waals surface area contributed by atoms with Crippen LogP contribution in [0.25, 0.3) is 0 Å². The second-order valence-electron chi connectivity index (χ2n) is 9.09. The highest BCUT2D eigenvalue weighted by atomic mass is 32.2. The molecule has 6 nitrogen and oxygen atoms in total. The summed E-state index contributed by atoms with van der Waals surface area (Å²) in [5.74, 6) is -1.00. The number of carbonyl (C=O) groups excluding carboxylic acids is 1. The Labute approximate surface area is 201 Å². The molecule has 0 aliphatic heterocycles. The summed E-state index contributed by atoms with van der Waals surface area (Å²) in [7, 11) is -3.94. The highest BCUT2D eigenvalue weighted by molar-refractivity contribution is 7.87. The predicted octanol–water partition coefficient (Wildman–Crippen LogP) is 4.70. The summed E-state index contributed by atoms with van der Waals surface area (Å²) < 4.78 is 36.0. The van der Waals surface area contributed by atoms with Crippen LogP contribution in [0, 0.1) is 5.92 Å². The van der Waals surface area contributed by atoms with E-state index in [1.165, 1.54) is 12.1 Å². The summed E-state index contributed by atoms with van der Waals surface area (Å²) in [5.41, 5.74) is 7.32. The molecule has 180 valence electrons. The lowest BCUT2D eigenvalue weighted by Crippen LogP contribution is -2.36. The topological polar surface area (TPSA) is 95.7 Å². The molecule has 0 radical (unpaired) electrons. The van der Waals surface area contributed by atoms with Crippen LogP contribution in [0.4, 0.5) is 0 Å². The lowest BCUT2D eigenvalue weighted by molar-refractivity contribution is -0.160. The second kappa shape index (κ2) is 10.8. The predicted molar refractivity (Wildman–Crippen MR) is 132 cm³/mol. The first-order chi connectivity index (χ1) is 16.1. The van der Waals surface area contributed by atoms with E-state index in [-0.39, 0.29) is 29.1 Å². The van der Waals surface area contributed by atoms with Gasteiger partial charge in [-0.05, 0) is 62.6 Å². The Hall–Kier alpha value is -3.16. The van der Waals surface area contributed by atoms with Gasteiger partial charge in [-0.1, -0.05) is 60.7 Å². The monoisotopic (exact) mass is 481 g/mol. The SMILES string of the molecule is CC(C)(C)OC(=O)C(CN)C(Cc1ccccc1)c1ccc(OS(=O)(=O)c2ccccc2)cc1.